The van der Waals surface area contributed by atoms with E-state index in [9.17, 15) is 8.42 Å². The molecule has 7 heteroatoms. The van der Waals surface area contributed by atoms with Crippen LogP contribution in [-0.2, 0) is 14.6 Å². The minimum Gasteiger partial charge on any atom is -0.361 e. The molecule has 2 bridgehead atoms. The fourth-order valence-corrected chi connectivity index (χ4v) is 5.72. The Labute approximate surface area is 148 Å². The average molecular weight is 369 g/mol. The van der Waals surface area contributed by atoms with Gasteiger partial charge in [-0.05, 0) is 41.5 Å². The van der Waals surface area contributed by atoms with Crippen molar-refractivity contribution in [3.05, 3.63) is 29.8 Å². The van der Waals surface area contributed by atoms with Crippen LogP contribution in [0.1, 0.15) is 18.0 Å². The molecule has 3 aliphatic rings. The summed E-state index contributed by atoms with van der Waals surface area (Å²) in [5, 5.41) is 0. The van der Waals surface area contributed by atoms with Gasteiger partial charge >= 0.3 is 0 Å². The molecule has 4 rings (SSSR count). The summed E-state index contributed by atoms with van der Waals surface area (Å²) in [4.78, 5) is 5.22. The van der Waals surface area contributed by atoms with Crippen LogP contribution >= 0.6 is 11.8 Å². The van der Waals surface area contributed by atoms with Gasteiger partial charge in [0.25, 0.3) is 0 Å². The maximum atomic E-state index is 11.6. The van der Waals surface area contributed by atoms with Gasteiger partial charge < -0.3 is 4.74 Å². The number of nitrogens with zero attached hydrogens (tertiary/aromatic N) is 2. The molecule has 0 amide bonds. The number of piperazine rings is 1. The first kappa shape index (κ1) is 16.8. The van der Waals surface area contributed by atoms with E-state index in [1.807, 2.05) is 23.9 Å². The Kier molecular flexibility index (Phi) is 4.64. The number of rotatable bonds is 5. The second-order valence-electron chi connectivity index (χ2n) is 7.07. The zero-order valence-electron chi connectivity index (χ0n) is 13.9. The van der Waals surface area contributed by atoms with Gasteiger partial charge in [-0.2, -0.15) is 11.8 Å². The molecule has 1 aromatic carbocycles. The fourth-order valence-electron chi connectivity index (χ4n) is 3.83. The van der Waals surface area contributed by atoms with E-state index in [-0.39, 0.29) is 6.23 Å². The number of ether oxygens (including phenoxy) is 1. The van der Waals surface area contributed by atoms with Crippen LogP contribution in [0.4, 0.5) is 0 Å². The third-order valence-corrected chi connectivity index (χ3v) is 7.58. The molecule has 24 heavy (non-hydrogen) atoms. The molecule has 5 nitrogen and oxygen atoms in total. The Bertz CT molecular complexity index is 686. The first-order valence-electron chi connectivity index (χ1n) is 8.48. The maximum Gasteiger partial charge on any atom is 0.175 e. The molecule has 132 valence electrons. The van der Waals surface area contributed by atoms with Crippen molar-refractivity contribution in [2.75, 3.05) is 44.1 Å². The van der Waals surface area contributed by atoms with Gasteiger partial charge in [-0.1, -0.05) is 12.1 Å². The van der Waals surface area contributed by atoms with Crippen molar-refractivity contribution in [1.82, 2.24) is 9.80 Å². The van der Waals surface area contributed by atoms with Crippen molar-refractivity contribution in [1.29, 1.82) is 0 Å². The molecule has 3 saturated heterocycles. The molecular formula is C17H24N2O3S2. The highest BCUT2D eigenvalue weighted by molar-refractivity contribution is 7.99. The van der Waals surface area contributed by atoms with Gasteiger partial charge in [0.15, 0.2) is 9.84 Å². The standard InChI is InChI=1S/C17H24N2O3S2/c1-24(20,21)15-4-2-14(3-5-15)16-8-18-9-17(19(16)12-18)22-10-13-6-7-23-11-13/h2-5,13,16-17H,6-12H2,1H3. The van der Waals surface area contributed by atoms with Gasteiger partial charge in [-0.25, -0.2) is 8.42 Å². The van der Waals surface area contributed by atoms with Crippen LogP contribution in [0.3, 0.4) is 0 Å². The highest BCUT2D eigenvalue weighted by Gasteiger charge is 2.44. The van der Waals surface area contributed by atoms with Crippen LogP contribution in [0, 0.1) is 5.92 Å². The third-order valence-electron chi connectivity index (χ3n) is 5.22. The van der Waals surface area contributed by atoms with E-state index in [4.69, 9.17) is 4.74 Å². The zero-order chi connectivity index (χ0) is 16.7. The predicted molar refractivity (Wildman–Crippen MR) is 95.7 cm³/mol. The third kappa shape index (κ3) is 3.37. The molecule has 0 radical (unpaired) electrons. The van der Waals surface area contributed by atoms with Crippen LogP contribution in [0.25, 0.3) is 0 Å². The summed E-state index contributed by atoms with van der Waals surface area (Å²) in [6.45, 7) is 3.79. The second kappa shape index (κ2) is 6.61. The van der Waals surface area contributed by atoms with Crippen molar-refractivity contribution in [3.8, 4) is 0 Å². The Morgan fingerprint density at radius 1 is 1.25 bits per heavy atom. The van der Waals surface area contributed by atoms with Crippen LogP contribution in [0.2, 0.25) is 0 Å². The van der Waals surface area contributed by atoms with Crippen molar-refractivity contribution in [3.63, 3.8) is 0 Å². The molecule has 3 aliphatic heterocycles. The normalized spacial score (nSPS) is 35.6. The summed E-state index contributed by atoms with van der Waals surface area (Å²) >= 11 is 2.03. The first-order chi connectivity index (χ1) is 11.5. The van der Waals surface area contributed by atoms with Crippen molar-refractivity contribution in [2.24, 2.45) is 5.92 Å². The van der Waals surface area contributed by atoms with Gasteiger partial charge in [-0.15, -0.1) is 0 Å². The summed E-state index contributed by atoms with van der Waals surface area (Å²) < 4.78 is 29.5. The molecule has 0 aliphatic carbocycles. The van der Waals surface area contributed by atoms with Crippen LogP contribution < -0.4 is 0 Å². The van der Waals surface area contributed by atoms with E-state index >= 15 is 0 Å². The van der Waals surface area contributed by atoms with Crippen molar-refractivity contribution < 1.29 is 13.2 Å². The summed E-state index contributed by atoms with van der Waals surface area (Å²) in [5.41, 5.74) is 1.18. The summed E-state index contributed by atoms with van der Waals surface area (Å²) in [7, 11) is -3.13. The lowest BCUT2D eigenvalue weighted by Gasteiger charge is -2.32. The van der Waals surface area contributed by atoms with Gasteiger partial charge in [0.05, 0.1) is 24.2 Å². The lowest BCUT2D eigenvalue weighted by atomic mass is 10.1. The molecule has 0 aromatic heterocycles. The maximum absolute atomic E-state index is 11.6. The number of hydrogen-bond acceptors (Lipinski definition) is 6. The SMILES string of the molecule is CS(=O)(=O)c1ccc(C2CN3CC(OCC4CCSC4)N2C3)cc1. The number of fused-ring (bicyclic) bond motifs is 2. The average Bonchev–Trinajstić information content (AvgIpc) is 3.28. The quantitative estimate of drug-likeness (QED) is 0.790. The Hall–Kier alpha value is -0.600. The van der Waals surface area contributed by atoms with Crippen molar-refractivity contribution >= 4 is 21.6 Å². The minimum atomic E-state index is -3.13. The van der Waals surface area contributed by atoms with E-state index < -0.39 is 9.84 Å². The number of thioether (sulfide) groups is 1. The molecular weight excluding hydrogens is 344 g/mol. The molecule has 5 unspecified atom stereocenters. The lowest BCUT2D eigenvalue weighted by Crippen LogP contribution is -2.41. The number of sulfone groups is 1. The minimum absolute atomic E-state index is 0.170. The van der Waals surface area contributed by atoms with Gasteiger partial charge in [0.1, 0.15) is 6.23 Å². The highest BCUT2D eigenvalue weighted by Crippen LogP contribution is 2.36. The zero-order valence-corrected chi connectivity index (χ0v) is 15.6. The summed E-state index contributed by atoms with van der Waals surface area (Å²) in [5.74, 6) is 3.20. The molecule has 1 aromatic rings. The second-order valence-corrected chi connectivity index (χ2v) is 10.2. The molecule has 0 N–H and O–H groups in total. The van der Waals surface area contributed by atoms with E-state index in [1.54, 1.807) is 12.1 Å². The Morgan fingerprint density at radius 3 is 2.67 bits per heavy atom. The van der Waals surface area contributed by atoms with Crippen LogP contribution in [0.15, 0.2) is 29.2 Å². The van der Waals surface area contributed by atoms with Gasteiger partial charge in [0.2, 0.25) is 0 Å². The van der Waals surface area contributed by atoms with E-state index in [0.717, 1.165) is 26.4 Å². The Morgan fingerprint density at radius 2 is 2.04 bits per heavy atom. The fraction of sp³-hybridized carbons (Fsp3) is 0.647. The van der Waals surface area contributed by atoms with Crippen LogP contribution in [-0.4, -0.2) is 68.6 Å². The van der Waals surface area contributed by atoms with Crippen molar-refractivity contribution in [2.45, 2.75) is 23.6 Å². The largest absolute Gasteiger partial charge is 0.361 e. The first-order valence-corrected chi connectivity index (χ1v) is 11.5. The number of benzene rings is 1. The lowest BCUT2D eigenvalue weighted by molar-refractivity contribution is -0.0624. The number of hydrogen-bond donors (Lipinski definition) is 0. The van der Waals surface area contributed by atoms with Gasteiger partial charge in [0, 0.05) is 19.3 Å². The molecule has 0 spiro atoms. The summed E-state index contributed by atoms with van der Waals surface area (Å²) in [6, 6.07) is 7.65. The molecule has 0 saturated carbocycles. The van der Waals surface area contributed by atoms with Gasteiger partial charge in [-0.3, -0.25) is 9.80 Å². The smallest absolute Gasteiger partial charge is 0.175 e. The molecule has 3 heterocycles. The monoisotopic (exact) mass is 368 g/mol. The highest BCUT2D eigenvalue weighted by atomic mass is 32.2. The molecule has 5 atom stereocenters. The van der Waals surface area contributed by atoms with E-state index in [0.29, 0.717) is 16.9 Å². The summed E-state index contributed by atoms with van der Waals surface area (Å²) in [6.07, 6.45) is 2.70. The molecule has 3 fully saturated rings. The Balaban J connectivity index is 1.42. The topological polar surface area (TPSA) is 49.9 Å². The van der Waals surface area contributed by atoms with Crippen LogP contribution in [0.5, 0.6) is 0 Å². The van der Waals surface area contributed by atoms with E-state index in [2.05, 4.69) is 9.80 Å². The predicted octanol–water partition coefficient (Wildman–Crippen LogP) is 1.82. The van der Waals surface area contributed by atoms with E-state index in [1.165, 1.54) is 29.7 Å².